The number of rotatable bonds is 2. The quantitative estimate of drug-likeness (QED) is 0.534. The second kappa shape index (κ2) is 4.37. The van der Waals surface area contributed by atoms with Crippen LogP contribution in [0.4, 0.5) is 5.69 Å². The Morgan fingerprint density at radius 2 is 2.15 bits per heavy atom. The van der Waals surface area contributed by atoms with Gasteiger partial charge >= 0.3 is 0 Å². The molecule has 1 aromatic rings. The average molecular weight is 195 g/mol. The van der Waals surface area contributed by atoms with Crippen LogP contribution in [0.2, 0.25) is 0 Å². The lowest BCUT2D eigenvalue weighted by molar-refractivity contribution is 0.802. The predicted molar refractivity (Wildman–Crippen MR) is 56.1 cm³/mol. The molecule has 0 unspecified atom stereocenters. The highest BCUT2D eigenvalue weighted by molar-refractivity contribution is 7.99. The highest BCUT2D eigenvalue weighted by Crippen LogP contribution is 2.25. The molecule has 0 atom stereocenters. The SMILES string of the molecule is CC(C)(C)SN=Nc1cccnc1. The standard InChI is InChI=1S/C9H13N3S/c1-9(2,3)13-12-11-8-5-4-6-10-7-8/h4-7H,1-3H3. The predicted octanol–water partition coefficient (Wildman–Crippen LogP) is 3.61. The Morgan fingerprint density at radius 3 is 2.69 bits per heavy atom. The summed E-state index contributed by atoms with van der Waals surface area (Å²) in [5.41, 5.74) is 0.791. The molecule has 1 rings (SSSR count). The maximum Gasteiger partial charge on any atom is 0.105 e. The molecule has 0 saturated heterocycles. The number of pyridine rings is 1. The topological polar surface area (TPSA) is 37.6 Å². The first-order valence-corrected chi connectivity index (χ1v) is 4.84. The third kappa shape index (κ3) is 4.62. The molecule has 13 heavy (non-hydrogen) atoms. The fraction of sp³-hybridized carbons (Fsp3) is 0.444. The van der Waals surface area contributed by atoms with Gasteiger partial charge in [0, 0.05) is 22.9 Å². The normalized spacial score (nSPS) is 12.2. The molecule has 0 N–H and O–H groups in total. The summed E-state index contributed by atoms with van der Waals surface area (Å²) in [7, 11) is 0. The summed E-state index contributed by atoms with van der Waals surface area (Å²) >= 11 is 1.46. The molecular weight excluding hydrogens is 182 g/mol. The van der Waals surface area contributed by atoms with Gasteiger partial charge in [-0.2, -0.15) is 0 Å². The van der Waals surface area contributed by atoms with Crippen molar-refractivity contribution in [2.75, 3.05) is 0 Å². The maximum absolute atomic E-state index is 4.02. The maximum atomic E-state index is 4.02. The lowest BCUT2D eigenvalue weighted by Crippen LogP contribution is -2.04. The molecule has 0 spiro atoms. The van der Waals surface area contributed by atoms with E-state index in [2.05, 4.69) is 35.4 Å². The van der Waals surface area contributed by atoms with Gasteiger partial charge in [0.05, 0.1) is 6.20 Å². The smallest absolute Gasteiger partial charge is 0.105 e. The molecule has 0 aromatic carbocycles. The Labute approximate surface area is 82.8 Å². The number of hydrogen-bond acceptors (Lipinski definition) is 4. The second-order valence-electron chi connectivity index (χ2n) is 3.60. The van der Waals surface area contributed by atoms with Gasteiger partial charge < -0.3 is 0 Å². The molecule has 0 bridgehead atoms. The van der Waals surface area contributed by atoms with Crippen molar-refractivity contribution < 1.29 is 0 Å². The van der Waals surface area contributed by atoms with Crippen LogP contribution in [0.25, 0.3) is 0 Å². The Hall–Kier alpha value is -0.900. The summed E-state index contributed by atoms with van der Waals surface area (Å²) < 4.78 is 4.13. The van der Waals surface area contributed by atoms with E-state index in [9.17, 15) is 0 Å². The molecule has 70 valence electrons. The van der Waals surface area contributed by atoms with Crippen molar-refractivity contribution in [2.45, 2.75) is 25.5 Å². The van der Waals surface area contributed by atoms with E-state index >= 15 is 0 Å². The molecular formula is C9H13N3S. The molecule has 0 aliphatic carbocycles. The van der Waals surface area contributed by atoms with Crippen LogP contribution in [0, 0.1) is 0 Å². The Balaban J connectivity index is 2.51. The van der Waals surface area contributed by atoms with E-state index in [0.29, 0.717) is 0 Å². The molecule has 1 aromatic heterocycles. The molecule has 0 amide bonds. The van der Waals surface area contributed by atoms with E-state index in [-0.39, 0.29) is 4.75 Å². The molecule has 0 saturated carbocycles. The third-order valence-electron chi connectivity index (χ3n) is 1.12. The van der Waals surface area contributed by atoms with Crippen molar-refractivity contribution >= 4 is 17.6 Å². The lowest BCUT2D eigenvalue weighted by atomic mass is 10.3. The number of nitrogens with zero attached hydrogens (tertiary/aromatic N) is 3. The summed E-state index contributed by atoms with van der Waals surface area (Å²) in [4.78, 5) is 3.94. The van der Waals surface area contributed by atoms with Gasteiger partial charge in [-0.05, 0) is 32.9 Å². The first kappa shape index (κ1) is 10.2. The molecule has 0 fully saturated rings. The molecule has 4 heteroatoms. The zero-order chi connectivity index (χ0) is 9.73. The number of aromatic nitrogens is 1. The third-order valence-corrected chi connectivity index (χ3v) is 1.83. The van der Waals surface area contributed by atoms with Gasteiger partial charge in [-0.15, -0.1) is 9.63 Å². The van der Waals surface area contributed by atoms with Crippen LogP contribution in [0.5, 0.6) is 0 Å². The van der Waals surface area contributed by atoms with Crippen LogP contribution in [0.15, 0.2) is 34.2 Å². The monoisotopic (exact) mass is 195 g/mol. The van der Waals surface area contributed by atoms with Crippen LogP contribution < -0.4 is 0 Å². The van der Waals surface area contributed by atoms with Crippen LogP contribution in [-0.2, 0) is 0 Å². The van der Waals surface area contributed by atoms with Gasteiger partial charge in [-0.3, -0.25) is 4.98 Å². The summed E-state index contributed by atoms with van der Waals surface area (Å²) in [6.45, 7) is 6.29. The van der Waals surface area contributed by atoms with Crippen LogP contribution >= 0.6 is 11.9 Å². The van der Waals surface area contributed by atoms with Crippen molar-refractivity contribution in [2.24, 2.45) is 9.63 Å². The van der Waals surface area contributed by atoms with E-state index in [1.807, 2.05) is 12.1 Å². The minimum atomic E-state index is 0.117. The lowest BCUT2D eigenvalue weighted by Gasteiger charge is -2.10. The average Bonchev–Trinajstić information content (AvgIpc) is 2.04. The first-order valence-electron chi connectivity index (χ1n) is 4.07. The van der Waals surface area contributed by atoms with Crippen molar-refractivity contribution in [3.8, 4) is 0 Å². The Kier molecular flexibility index (Phi) is 3.42. The van der Waals surface area contributed by atoms with Gasteiger partial charge in [0.15, 0.2) is 0 Å². The Bertz CT molecular complexity index is 277. The van der Waals surface area contributed by atoms with Crippen LogP contribution in [0.1, 0.15) is 20.8 Å². The largest absolute Gasteiger partial charge is 0.262 e. The van der Waals surface area contributed by atoms with Crippen LogP contribution in [-0.4, -0.2) is 9.73 Å². The summed E-state index contributed by atoms with van der Waals surface area (Å²) in [6, 6.07) is 3.72. The van der Waals surface area contributed by atoms with Gasteiger partial charge in [0.2, 0.25) is 0 Å². The minimum absolute atomic E-state index is 0.117. The van der Waals surface area contributed by atoms with E-state index in [1.54, 1.807) is 12.4 Å². The number of hydrogen-bond donors (Lipinski definition) is 0. The fourth-order valence-corrected chi connectivity index (χ4v) is 0.983. The zero-order valence-corrected chi connectivity index (χ0v) is 8.88. The Morgan fingerprint density at radius 1 is 1.38 bits per heavy atom. The molecule has 0 radical (unpaired) electrons. The highest BCUT2D eigenvalue weighted by Gasteiger charge is 2.09. The summed E-state index contributed by atoms with van der Waals surface area (Å²) in [6.07, 6.45) is 3.41. The van der Waals surface area contributed by atoms with Crippen molar-refractivity contribution in [1.82, 2.24) is 4.98 Å². The molecule has 3 nitrogen and oxygen atoms in total. The summed E-state index contributed by atoms with van der Waals surface area (Å²) in [5.74, 6) is 0. The van der Waals surface area contributed by atoms with Crippen LogP contribution in [0.3, 0.4) is 0 Å². The van der Waals surface area contributed by atoms with Gasteiger partial charge in [0.25, 0.3) is 0 Å². The van der Waals surface area contributed by atoms with E-state index in [4.69, 9.17) is 0 Å². The van der Waals surface area contributed by atoms with Crippen molar-refractivity contribution in [3.05, 3.63) is 24.5 Å². The molecule has 0 aliphatic heterocycles. The second-order valence-corrected chi connectivity index (χ2v) is 5.17. The fourth-order valence-electron chi connectivity index (χ4n) is 0.603. The van der Waals surface area contributed by atoms with Crippen molar-refractivity contribution in [1.29, 1.82) is 0 Å². The van der Waals surface area contributed by atoms with Gasteiger partial charge in [-0.1, -0.05) is 0 Å². The van der Waals surface area contributed by atoms with Gasteiger partial charge in [-0.25, -0.2) is 0 Å². The minimum Gasteiger partial charge on any atom is -0.262 e. The molecule has 1 heterocycles. The van der Waals surface area contributed by atoms with E-state index in [0.717, 1.165) is 5.69 Å². The summed E-state index contributed by atoms with van der Waals surface area (Å²) in [5, 5.41) is 4.02. The first-order chi connectivity index (χ1) is 6.08. The van der Waals surface area contributed by atoms with E-state index < -0.39 is 0 Å². The highest BCUT2D eigenvalue weighted by atomic mass is 32.2. The van der Waals surface area contributed by atoms with Crippen molar-refractivity contribution in [3.63, 3.8) is 0 Å². The zero-order valence-electron chi connectivity index (χ0n) is 8.06. The van der Waals surface area contributed by atoms with E-state index in [1.165, 1.54) is 11.9 Å². The van der Waals surface area contributed by atoms with Gasteiger partial charge in [0.1, 0.15) is 5.69 Å². The molecule has 0 aliphatic rings.